The van der Waals surface area contributed by atoms with Crippen molar-refractivity contribution in [1.82, 2.24) is 29.5 Å². The monoisotopic (exact) mass is 413 g/mol. The van der Waals surface area contributed by atoms with Crippen LogP contribution in [0, 0.1) is 19.8 Å². The second-order valence-electron chi connectivity index (χ2n) is 7.91. The molecule has 0 aliphatic carbocycles. The van der Waals surface area contributed by atoms with Crippen molar-refractivity contribution in [3.63, 3.8) is 0 Å². The SMILES string of the molecule is Cc1nc2ncnn2c(C)c1CCC(=O)Nc1nc(CN2CCCC(C)C2)cs1. The van der Waals surface area contributed by atoms with Gasteiger partial charge in [0.2, 0.25) is 5.91 Å². The fraction of sp³-hybridized carbons (Fsp3) is 0.550. The van der Waals surface area contributed by atoms with Gasteiger partial charge in [0.05, 0.1) is 5.69 Å². The Morgan fingerprint density at radius 2 is 2.21 bits per heavy atom. The minimum Gasteiger partial charge on any atom is -0.302 e. The van der Waals surface area contributed by atoms with Crippen LogP contribution in [0.5, 0.6) is 0 Å². The van der Waals surface area contributed by atoms with Crippen LogP contribution in [-0.4, -0.2) is 48.5 Å². The molecule has 0 aromatic carbocycles. The summed E-state index contributed by atoms with van der Waals surface area (Å²) in [6.07, 6.45) is 5.05. The molecule has 1 N–H and O–H groups in total. The van der Waals surface area contributed by atoms with Crippen LogP contribution >= 0.6 is 11.3 Å². The standard InChI is InChI=1S/C20H27N7OS/c1-13-5-4-8-26(9-13)10-16-11-29-20(24-16)25-18(28)7-6-17-14(2)23-19-21-12-22-27(19)15(17)3/h11-13H,4-10H2,1-3H3,(H,24,25,28). The molecule has 4 heterocycles. The molecular formula is C20H27N7OS. The minimum absolute atomic E-state index is 0.0324. The molecular weight excluding hydrogens is 386 g/mol. The van der Waals surface area contributed by atoms with Gasteiger partial charge in [-0.05, 0) is 51.1 Å². The molecule has 4 rings (SSSR count). The maximum atomic E-state index is 12.5. The molecule has 8 nitrogen and oxygen atoms in total. The van der Waals surface area contributed by atoms with E-state index >= 15 is 0 Å². The molecule has 154 valence electrons. The van der Waals surface area contributed by atoms with Crippen LogP contribution in [0.3, 0.4) is 0 Å². The average Bonchev–Trinajstić information content (AvgIpc) is 3.31. The Labute approximate surface area is 174 Å². The second kappa shape index (κ2) is 8.54. The highest BCUT2D eigenvalue weighted by Crippen LogP contribution is 2.21. The Morgan fingerprint density at radius 3 is 3.03 bits per heavy atom. The summed E-state index contributed by atoms with van der Waals surface area (Å²) in [5.41, 5.74) is 3.94. The zero-order valence-corrected chi connectivity index (χ0v) is 18.0. The third-order valence-corrected chi connectivity index (χ3v) is 6.32. The van der Waals surface area contributed by atoms with Gasteiger partial charge in [-0.2, -0.15) is 10.1 Å². The first-order chi connectivity index (χ1) is 14.0. The molecule has 1 amide bonds. The van der Waals surface area contributed by atoms with Crippen molar-refractivity contribution < 1.29 is 4.79 Å². The Kier molecular flexibility index (Phi) is 5.86. The van der Waals surface area contributed by atoms with Crippen LogP contribution in [0.15, 0.2) is 11.7 Å². The van der Waals surface area contributed by atoms with E-state index in [1.807, 2.05) is 19.2 Å². The molecule has 1 aliphatic rings. The molecule has 0 bridgehead atoms. The Hall–Kier alpha value is -2.39. The fourth-order valence-corrected chi connectivity index (χ4v) is 4.75. The topological polar surface area (TPSA) is 88.3 Å². The van der Waals surface area contributed by atoms with Crippen molar-refractivity contribution in [3.8, 4) is 0 Å². The summed E-state index contributed by atoms with van der Waals surface area (Å²) in [5, 5.41) is 9.87. The minimum atomic E-state index is -0.0324. The maximum Gasteiger partial charge on any atom is 0.252 e. The predicted molar refractivity (Wildman–Crippen MR) is 113 cm³/mol. The number of hydrogen-bond acceptors (Lipinski definition) is 7. The molecule has 0 spiro atoms. The van der Waals surface area contributed by atoms with Gasteiger partial charge in [-0.15, -0.1) is 11.3 Å². The largest absolute Gasteiger partial charge is 0.302 e. The summed E-state index contributed by atoms with van der Waals surface area (Å²) in [4.78, 5) is 28.1. The lowest BCUT2D eigenvalue weighted by atomic mass is 10.0. The number of aromatic nitrogens is 5. The highest BCUT2D eigenvalue weighted by molar-refractivity contribution is 7.13. The number of rotatable bonds is 6. The van der Waals surface area contributed by atoms with E-state index in [0.717, 1.165) is 48.2 Å². The number of carbonyl (C=O) groups excluding carboxylic acids is 1. The van der Waals surface area contributed by atoms with E-state index in [1.54, 1.807) is 4.52 Å². The van der Waals surface area contributed by atoms with Crippen molar-refractivity contribution >= 4 is 28.2 Å². The van der Waals surface area contributed by atoms with Gasteiger partial charge in [0, 0.05) is 36.3 Å². The van der Waals surface area contributed by atoms with Gasteiger partial charge in [0.15, 0.2) is 5.13 Å². The second-order valence-corrected chi connectivity index (χ2v) is 8.77. The fourth-order valence-electron chi connectivity index (χ4n) is 4.03. The molecule has 0 radical (unpaired) electrons. The van der Waals surface area contributed by atoms with E-state index in [4.69, 9.17) is 0 Å². The van der Waals surface area contributed by atoms with Crippen molar-refractivity contribution in [3.05, 3.63) is 34.4 Å². The van der Waals surface area contributed by atoms with Gasteiger partial charge >= 0.3 is 0 Å². The Morgan fingerprint density at radius 1 is 1.34 bits per heavy atom. The number of thiazole rings is 1. The number of piperidine rings is 1. The van der Waals surface area contributed by atoms with Gasteiger partial charge in [0.1, 0.15) is 6.33 Å². The molecule has 0 saturated carbocycles. The van der Waals surface area contributed by atoms with Gasteiger partial charge in [-0.3, -0.25) is 9.69 Å². The Bertz CT molecular complexity index is 1010. The van der Waals surface area contributed by atoms with E-state index in [1.165, 1.54) is 30.5 Å². The highest BCUT2D eigenvalue weighted by Gasteiger charge is 2.18. The molecule has 1 atom stereocenters. The summed E-state index contributed by atoms with van der Waals surface area (Å²) in [6.45, 7) is 9.35. The predicted octanol–water partition coefficient (Wildman–Crippen LogP) is 3.00. The van der Waals surface area contributed by atoms with Crippen molar-refractivity contribution in [1.29, 1.82) is 0 Å². The molecule has 3 aromatic rings. The van der Waals surface area contributed by atoms with Gasteiger partial charge < -0.3 is 5.32 Å². The highest BCUT2D eigenvalue weighted by atomic mass is 32.1. The van der Waals surface area contributed by atoms with Crippen molar-refractivity contribution in [2.24, 2.45) is 5.92 Å². The number of hydrogen-bond donors (Lipinski definition) is 1. The lowest BCUT2D eigenvalue weighted by molar-refractivity contribution is -0.116. The summed E-state index contributed by atoms with van der Waals surface area (Å²) in [5.74, 6) is 1.31. The van der Waals surface area contributed by atoms with Gasteiger partial charge in [-0.1, -0.05) is 6.92 Å². The molecule has 1 fully saturated rings. The van der Waals surface area contributed by atoms with E-state index in [9.17, 15) is 4.79 Å². The van der Waals surface area contributed by atoms with Crippen LogP contribution in [0.25, 0.3) is 5.78 Å². The molecule has 3 aromatic heterocycles. The lowest BCUT2D eigenvalue weighted by Gasteiger charge is -2.30. The molecule has 1 unspecified atom stereocenters. The number of anilines is 1. The number of nitrogens with zero attached hydrogens (tertiary/aromatic N) is 6. The summed E-state index contributed by atoms with van der Waals surface area (Å²) < 4.78 is 1.72. The van der Waals surface area contributed by atoms with Crippen LogP contribution in [0.1, 0.15) is 48.8 Å². The molecule has 1 saturated heterocycles. The van der Waals surface area contributed by atoms with Crippen LogP contribution in [0.2, 0.25) is 0 Å². The number of carbonyl (C=O) groups is 1. The van der Waals surface area contributed by atoms with Crippen LogP contribution in [-0.2, 0) is 17.8 Å². The average molecular weight is 414 g/mol. The smallest absolute Gasteiger partial charge is 0.252 e. The third kappa shape index (κ3) is 4.62. The van der Waals surface area contributed by atoms with Crippen LogP contribution < -0.4 is 5.32 Å². The van der Waals surface area contributed by atoms with E-state index in [-0.39, 0.29) is 5.91 Å². The molecule has 9 heteroatoms. The van der Waals surface area contributed by atoms with Crippen molar-refractivity contribution in [2.45, 2.75) is 53.0 Å². The first-order valence-corrected chi connectivity index (χ1v) is 11.0. The van der Waals surface area contributed by atoms with Crippen molar-refractivity contribution in [2.75, 3.05) is 18.4 Å². The lowest BCUT2D eigenvalue weighted by Crippen LogP contribution is -2.33. The molecule has 1 aliphatic heterocycles. The zero-order chi connectivity index (χ0) is 20.4. The summed E-state index contributed by atoms with van der Waals surface area (Å²) in [6, 6.07) is 0. The first kappa shape index (κ1) is 19.9. The van der Waals surface area contributed by atoms with Crippen LogP contribution in [0.4, 0.5) is 5.13 Å². The van der Waals surface area contributed by atoms with E-state index in [0.29, 0.717) is 23.8 Å². The third-order valence-electron chi connectivity index (χ3n) is 5.52. The van der Waals surface area contributed by atoms with E-state index < -0.39 is 0 Å². The number of likely N-dealkylation sites (tertiary alicyclic amines) is 1. The number of amides is 1. The Balaban J connectivity index is 1.33. The van der Waals surface area contributed by atoms with E-state index in [2.05, 4.69) is 37.2 Å². The van der Waals surface area contributed by atoms with Gasteiger partial charge in [0.25, 0.3) is 5.78 Å². The molecule has 29 heavy (non-hydrogen) atoms. The number of nitrogens with one attached hydrogen (secondary N) is 1. The summed E-state index contributed by atoms with van der Waals surface area (Å²) >= 11 is 1.49. The number of fused-ring (bicyclic) bond motifs is 1. The van der Waals surface area contributed by atoms with Gasteiger partial charge in [-0.25, -0.2) is 14.5 Å². The number of aryl methyl sites for hydroxylation is 2. The normalized spacial score (nSPS) is 17.7. The maximum absolute atomic E-state index is 12.5. The zero-order valence-electron chi connectivity index (χ0n) is 17.2. The first-order valence-electron chi connectivity index (χ1n) is 10.1. The quantitative estimate of drug-likeness (QED) is 0.668. The summed E-state index contributed by atoms with van der Waals surface area (Å²) in [7, 11) is 0.